The summed E-state index contributed by atoms with van der Waals surface area (Å²) in [5, 5.41) is 3.26. The fourth-order valence-corrected chi connectivity index (χ4v) is 3.57. The van der Waals surface area contributed by atoms with Crippen LogP contribution in [0.1, 0.15) is 21.5 Å². The number of benzene rings is 2. The van der Waals surface area contributed by atoms with Crippen LogP contribution in [0.4, 0.5) is 18.9 Å². The smallest absolute Gasteiger partial charge is 0.320 e. The molecule has 168 valence electrons. The van der Waals surface area contributed by atoms with Crippen molar-refractivity contribution in [3.8, 4) is 0 Å². The maximum atomic E-state index is 13.2. The van der Waals surface area contributed by atoms with Crippen LogP contribution in [0.3, 0.4) is 0 Å². The third kappa shape index (κ3) is 4.86. The monoisotopic (exact) mass is 491 g/mol. The molecule has 4 rings (SSSR count). The summed E-state index contributed by atoms with van der Waals surface area (Å²) in [6.45, 7) is 0.106. The lowest BCUT2D eigenvalue weighted by molar-refractivity contribution is -0.137. The fraction of sp³-hybridized carbons (Fsp3) is 0.0870. The van der Waals surface area contributed by atoms with Crippen LogP contribution in [0, 0.1) is 0 Å². The molecule has 2 aromatic carbocycles. The summed E-state index contributed by atoms with van der Waals surface area (Å²) in [6, 6.07) is 14.0. The van der Waals surface area contributed by atoms with Gasteiger partial charge in [0.1, 0.15) is 11.2 Å². The lowest BCUT2D eigenvalue weighted by Gasteiger charge is -2.14. The zero-order chi connectivity index (χ0) is 23.8. The average molecular weight is 492 g/mol. The quantitative estimate of drug-likeness (QED) is 0.379. The molecule has 0 aliphatic rings. The summed E-state index contributed by atoms with van der Waals surface area (Å²) >= 11 is 11.9. The van der Waals surface area contributed by atoms with Gasteiger partial charge in [-0.05, 0) is 54.1 Å². The molecular formula is C23H14Cl2F3N3O2. The van der Waals surface area contributed by atoms with Gasteiger partial charge in [0.05, 0.1) is 22.8 Å². The molecule has 5 nitrogen and oxygen atoms in total. The molecule has 0 fully saturated rings. The Morgan fingerprint density at radius 2 is 1.76 bits per heavy atom. The minimum absolute atomic E-state index is 0.0969. The number of alkyl halides is 3. The molecule has 33 heavy (non-hydrogen) atoms. The minimum atomic E-state index is -4.62. The largest absolute Gasteiger partial charge is 0.416 e. The summed E-state index contributed by atoms with van der Waals surface area (Å²) < 4.78 is 40.5. The molecule has 0 saturated carbocycles. The van der Waals surface area contributed by atoms with Crippen LogP contribution in [-0.2, 0) is 12.7 Å². The van der Waals surface area contributed by atoms with Crippen LogP contribution in [-0.4, -0.2) is 15.5 Å². The van der Waals surface area contributed by atoms with Gasteiger partial charge in [-0.3, -0.25) is 14.2 Å². The van der Waals surface area contributed by atoms with E-state index in [4.69, 9.17) is 23.2 Å². The van der Waals surface area contributed by atoms with Gasteiger partial charge in [-0.25, -0.2) is 4.98 Å². The van der Waals surface area contributed by atoms with E-state index in [1.54, 1.807) is 36.4 Å². The Bertz CT molecular complexity index is 1420. The summed E-state index contributed by atoms with van der Waals surface area (Å²) in [4.78, 5) is 30.4. The molecule has 0 aliphatic carbocycles. The average Bonchev–Trinajstić information content (AvgIpc) is 2.77. The first-order valence-corrected chi connectivity index (χ1v) is 10.3. The van der Waals surface area contributed by atoms with Crippen molar-refractivity contribution in [3.05, 3.63) is 104 Å². The van der Waals surface area contributed by atoms with Crippen molar-refractivity contribution in [2.75, 3.05) is 5.32 Å². The zero-order valence-corrected chi connectivity index (χ0v) is 18.2. The number of rotatable bonds is 4. The SMILES string of the molecule is O=C(Nc1cc(C(F)(F)F)ccc1Cl)c1cc2cccnc2n(Cc2ccc(Cl)cc2)c1=O. The second kappa shape index (κ2) is 8.88. The Labute approximate surface area is 195 Å². The highest BCUT2D eigenvalue weighted by atomic mass is 35.5. The predicted molar refractivity (Wildman–Crippen MR) is 121 cm³/mol. The molecule has 0 unspecified atom stereocenters. The Hall–Kier alpha value is -3.36. The highest BCUT2D eigenvalue weighted by Crippen LogP contribution is 2.34. The number of carbonyl (C=O) groups excluding carboxylic acids is 1. The van der Waals surface area contributed by atoms with E-state index in [0.29, 0.717) is 16.1 Å². The van der Waals surface area contributed by atoms with Gasteiger partial charge in [0.15, 0.2) is 0 Å². The summed E-state index contributed by atoms with van der Waals surface area (Å²) in [5.41, 5.74) is -1.07. The van der Waals surface area contributed by atoms with Crippen molar-refractivity contribution >= 4 is 45.8 Å². The van der Waals surface area contributed by atoms with E-state index in [0.717, 1.165) is 23.8 Å². The van der Waals surface area contributed by atoms with Crippen LogP contribution in [0.5, 0.6) is 0 Å². The van der Waals surface area contributed by atoms with Crippen molar-refractivity contribution in [3.63, 3.8) is 0 Å². The molecule has 0 bridgehead atoms. The standard InChI is InChI=1S/C23H14Cl2F3N3O2/c24-16-6-3-13(4-7-16)12-31-20-14(2-1-9-29-20)10-17(22(31)33)21(32)30-19-11-15(23(26,27)28)5-8-18(19)25/h1-11H,12H2,(H,30,32). The van der Waals surface area contributed by atoms with E-state index < -0.39 is 23.2 Å². The van der Waals surface area contributed by atoms with E-state index >= 15 is 0 Å². The predicted octanol–water partition coefficient (Wildman–Crippen LogP) is 6.02. The lowest BCUT2D eigenvalue weighted by atomic mass is 10.1. The van der Waals surface area contributed by atoms with Crippen LogP contribution in [0.15, 0.2) is 71.7 Å². The van der Waals surface area contributed by atoms with E-state index in [1.165, 1.54) is 16.8 Å². The third-order valence-corrected chi connectivity index (χ3v) is 5.47. The van der Waals surface area contributed by atoms with Gasteiger partial charge in [-0.1, -0.05) is 35.3 Å². The van der Waals surface area contributed by atoms with Gasteiger partial charge < -0.3 is 5.32 Å². The number of hydrogen-bond acceptors (Lipinski definition) is 3. The van der Waals surface area contributed by atoms with Crippen molar-refractivity contribution in [1.29, 1.82) is 0 Å². The topological polar surface area (TPSA) is 64.0 Å². The van der Waals surface area contributed by atoms with Gasteiger partial charge in [0, 0.05) is 16.6 Å². The van der Waals surface area contributed by atoms with Gasteiger partial charge in [0.2, 0.25) is 0 Å². The first-order valence-electron chi connectivity index (χ1n) is 9.54. The van der Waals surface area contributed by atoms with E-state index in [9.17, 15) is 22.8 Å². The summed E-state index contributed by atoms with van der Waals surface area (Å²) in [7, 11) is 0. The fourth-order valence-electron chi connectivity index (χ4n) is 3.28. The molecule has 0 atom stereocenters. The Morgan fingerprint density at radius 3 is 2.45 bits per heavy atom. The number of carbonyl (C=O) groups is 1. The summed E-state index contributed by atoms with van der Waals surface area (Å²) in [6.07, 6.45) is -3.10. The number of fused-ring (bicyclic) bond motifs is 1. The zero-order valence-electron chi connectivity index (χ0n) is 16.7. The molecule has 2 aromatic heterocycles. The van der Waals surface area contributed by atoms with Gasteiger partial charge >= 0.3 is 6.18 Å². The minimum Gasteiger partial charge on any atom is -0.320 e. The Balaban J connectivity index is 1.77. The van der Waals surface area contributed by atoms with Crippen LogP contribution < -0.4 is 10.9 Å². The molecule has 0 saturated heterocycles. The number of nitrogens with one attached hydrogen (secondary N) is 1. The number of aromatic nitrogens is 2. The Morgan fingerprint density at radius 1 is 1.03 bits per heavy atom. The first-order chi connectivity index (χ1) is 15.6. The molecule has 0 aliphatic heterocycles. The third-order valence-electron chi connectivity index (χ3n) is 4.89. The number of hydrogen-bond donors (Lipinski definition) is 1. The molecule has 0 radical (unpaired) electrons. The van der Waals surface area contributed by atoms with E-state index in [2.05, 4.69) is 10.3 Å². The van der Waals surface area contributed by atoms with Crippen LogP contribution in [0.25, 0.3) is 11.0 Å². The lowest BCUT2D eigenvalue weighted by Crippen LogP contribution is -2.30. The van der Waals surface area contributed by atoms with Crippen molar-refractivity contribution in [2.24, 2.45) is 0 Å². The summed E-state index contributed by atoms with van der Waals surface area (Å²) in [5.74, 6) is -0.892. The first kappa shape index (κ1) is 22.8. The Kier molecular flexibility index (Phi) is 6.14. The number of nitrogens with zero attached hydrogens (tertiary/aromatic N) is 2. The highest BCUT2D eigenvalue weighted by Gasteiger charge is 2.31. The number of anilines is 1. The van der Waals surface area contributed by atoms with Crippen molar-refractivity contribution in [2.45, 2.75) is 12.7 Å². The molecule has 0 spiro atoms. The highest BCUT2D eigenvalue weighted by molar-refractivity contribution is 6.34. The molecule has 4 aromatic rings. The molecule has 1 N–H and O–H groups in total. The van der Waals surface area contributed by atoms with Crippen LogP contribution in [0.2, 0.25) is 10.0 Å². The van der Waals surface area contributed by atoms with E-state index in [1.807, 2.05) is 0 Å². The second-order valence-electron chi connectivity index (χ2n) is 7.14. The maximum absolute atomic E-state index is 13.2. The second-order valence-corrected chi connectivity index (χ2v) is 7.98. The normalized spacial score (nSPS) is 11.5. The van der Waals surface area contributed by atoms with Gasteiger partial charge in [-0.15, -0.1) is 0 Å². The molecular weight excluding hydrogens is 478 g/mol. The van der Waals surface area contributed by atoms with Crippen molar-refractivity contribution < 1.29 is 18.0 Å². The van der Waals surface area contributed by atoms with Crippen molar-refractivity contribution in [1.82, 2.24) is 9.55 Å². The molecule has 10 heteroatoms. The number of amides is 1. The van der Waals surface area contributed by atoms with E-state index in [-0.39, 0.29) is 22.8 Å². The number of pyridine rings is 2. The maximum Gasteiger partial charge on any atom is 0.416 e. The van der Waals surface area contributed by atoms with Crippen LogP contribution >= 0.6 is 23.2 Å². The molecule has 2 heterocycles. The van der Waals surface area contributed by atoms with Gasteiger partial charge in [-0.2, -0.15) is 13.2 Å². The number of halogens is 5. The van der Waals surface area contributed by atoms with Gasteiger partial charge in [0.25, 0.3) is 11.5 Å². The molecule has 1 amide bonds.